The SMILES string of the molecule is CC1=C(N2CCC3(CCN(CCc4cnc(-n5cnnn5)cn4)CC3)C2=O)COC1=O.F. The Kier molecular flexibility index (Phi) is 5.96. The number of hydrogen-bond acceptors (Lipinski definition) is 9. The Hall–Kier alpha value is -3.28. The molecule has 0 N–H and O–H groups in total. The van der Waals surface area contributed by atoms with Gasteiger partial charge in [0.25, 0.3) is 0 Å². The number of halogens is 1. The summed E-state index contributed by atoms with van der Waals surface area (Å²) in [4.78, 5) is 37.9. The molecule has 32 heavy (non-hydrogen) atoms. The summed E-state index contributed by atoms with van der Waals surface area (Å²) in [7, 11) is 0. The van der Waals surface area contributed by atoms with Crippen molar-refractivity contribution in [1.29, 1.82) is 0 Å². The smallest absolute Gasteiger partial charge is 0.336 e. The van der Waals surface area contributed by atoms with E-state index in [0.717, 1.165) is 56.7 Å². The molecule has 0 atom stereocenters. The van der Waals surface area contributed by atoms with Gasteiger partial charge in [0, 0.05) is 19.5 Å². The van der Waals surface area contributed by atoms with Gasteiger partial charge in [-0.05, 0) is 49.7 Å². The highest BCUT2D eigenvalue weighted by atomic mass is 19.0. The Labute approximate surface area is 183 Å². The van der Waals surface area contributed by atoms with Crippen molar-refractivity contribution < 1.29 is 19.0 Å². The molecule has 5 rings (SSSR count). The van der Waals surface area contributed by atoms with Crippen LogP contribution in [0.2, 0.25) is 0 Å². The highest BCUT2D eigenvalue weighted by molar-refractivity contribution is 5.94. The second-order valence-electron chi connectivity index (χ2n) is 8.35. The number of likely N-dealkylation sites (tertiary alicyclic amines) is 2. The van der Waals surface area contributed by atoms with Crippen LogP contribution in [0.3, 0.4) is 0 Å². The molecular formula is C20H25FN8O3. The maximum Gasteiger partial charge on any atom is 0.336 e. The van der Waals surface area contributed by atoms with Crippen molar-refractivity contribution >= 4 is 11.9 Å². The molecule has 0 bridgehead atoms. The number of carbonyl (C=O) groups is 2. The van der Waals surface area contributed by atoms with Gasteiger partial charge in [0.2, 0.25) is 5.91 Å². The largest absolute Gasteiger partial charge is 0.456 e. The summed E-state index contributed by atoms with van der Waals surface area (Å²) in [6, 6.07) is 0. The van der Waals surface area contributed by atoms with E-state index in [1.54, 1.807) is 24.2 Å². The van der Waals surface area contributed by atoms with Gasteiger partial charge in [-0.2, -0.15) is 4.68 Å². The van der Waals surface area contributed by atoms with Crippen LogP contribution in [0.25, 0.3) is 5.82 Å². The van der Waals surface area contributed by atoms with Crippen molar-refractivity contribution in [2.75, 3.05) is 32.8 Å². The normalized spacial score (nSPS) is 20.7. The Balaban J connectivity index is 0.00000245. The van der Waals surface area contributed by atoms with E-state index in [4.69, 9.17) is 4.74 Å². The lowest BCUT2D eigenvalue weighted by Crippen LogP contribution is -2.45. The molecule has 11 nitrogen and oxygen atoms in total. The fourth-order valence-electron chi connectivity index (χ4n) is 4.63. The van der Waals surface area contributed by atoms with Crippen molar-refractivity contribution in [3.8, 4) is 5.82 Å². The number of carbonyl (C=O) groups excluding carboxylic acids is 2. The molecular weight excluding hydrogens is 419 g/mol. The number of amides is 1. The number of nitrogens with zero attached hydrogens (tertiary/aromatic N) is 8. The standard InChI is InChI=1S/C20H24N8O3.FH/c1-14-16(12-31-18(14)29)27-9-5-20(19(27)30)3-7-26(8-4-20)6-2-15-10-22-17(11-21-15)28-13-23-24-25-28;/h10-11,13H,2-9,12H2,1H3;1H. The molecule has 1 amide bonds. The zero-order valence-electron chi connectivity index (χ0n) is 17.8. The molecule has 2 fully saturated rings. The molecule has 2 saturated heterocycles. The molecule has 3 aliphatic heterocycles. The lowest BCUT2D eigenvalue weighted by Gasteiger charge is -2.38. The Bertz CT molecular complexity index is 1020. The number of tetrazole rings is 1. The molecule has 2 aromatic rings. The van der Waals surface area contributed by atoms with E-state index < -0.39 is 0 Å². The number of cyclic esters (lactones) is 1. The van der Waals surface area contributed by atoms with E-state index in [0.29, 0.717) is 17.9 Å². The van der Waals surface area contributed by atoms with Crippen LogP contribution in [0.5, 0.6) is 0 Å². The van der Waals surface area contributed by atoms with Crippen LogP contribution in [0.15, 0.2) is 30.0 Å². The first kappa shape index (κ1) is 21.9. The monoisotopic (exact) mass is 444 g/mol. The third kappa shape index (κ3) is 3.85. The van der Waals surface area contributed by atoms with Gasteiger partial charge >= 0.3 is 5.97 Å². The quantitative estimate of drug-likeness (QED) is 0.600. The Morgan fingerprint density at radius 1 is 1.09 bits per heavy atom. The van der Waals surface area contributed by atoms with E-state index in [-0.39, 0.29) is 28.6 Å². The maximum atomic E-state index is 13.2. The summed E-state index contributed by atoms with van der Waals surface area (Å²) in [6.07, 6.45) is 8.21. The topological polar surface area (TPSA) is 119 Å². The van der Waals surface area contributed by atoms with Crippen molar-refractivity contribution in [3.05, 3.63) is 35.7 Å². The summed E-state index contributed by atoms with van der Waals surface area (Å²) >= 11 is 0. The molecule has 0 aliphatic carbocycles. The molecule has 0 unspecified atom stereocenters. The van der Waals surface area contributed by atoms with Crippen molar-refractivity contribution in [1.82, 2.24) is 40.0 Å². The number of piperidine rings is 1. The molecule has 0 radical (unpaired) electrons. The second kappa shape index (κ2) is 8.69. The molecule has 0 saturated carbocycles. The molecule has 5 heterocycles. The Morgan fingerprint density at radius 3 is 2.50 bits per heavy atom. The fraction of sp³-hybridized carbons (Fsp3) is 0.550. The summed E-state index contributed by atoms with van der Waals surface area (Å²) in [6.45, 7) is 5.26. The zero-order valence-corrected chi connectivity index (χ0v) is 17.8. The number of rotatable bonds is 5. The van der Waals surface area contributed by atoms with Crippen LogP contribution < -0.4 is 0 Å². The third-order valence-electron chi connectivity index (χ3n) is 6.69. The van der Waals surface area contributed by atoms with Crippen molar-refractivity contribution in [2.45, 2.75) is 32.6 Å². The van der Waals surface area contributed by atoms with Crippen LogP contribution in [0.4, 0.5) is 4.70 Å². The van der Waals surface area contributed by atoms with E-state index in [2.05, 4.69) is 30.4 Å². The van der Waals surface area contributed by atoms with Gasteiger partial charge in [-0.3, -0.25) is 14.5 Å². The van der Waals surface area contributed by atoms with E-state index in [1.165, 1.54) is 11.0 Å². The van der Waals surface area contributed by atoms with Gasteiger partial charge in [-0.15, -0.1) is 5.10 Å². The summed E-state index contributed by atoms with van der Waals surface area (Å²) in [5.74, 6) is 0.425. The van der Waals surface area contributed by atoms with Gasteiger partial charge in [-0.25, -0.2) is 9.78 Å². The summed E-state index contributed by atoms with van der Waals surface area (Å²) in [5.41, 5.74) is 1.92. The number of esters is 1. The van der Waals surface area contributed by atoms with E-state index >= 15 is 0 Å². The van der Waals surface area contributed by atoms with Crippen LogP contribution in [-0.2, 0) is 20.7 Å². The number of aromatic nitrogens is 6. The average molecular weight is 444 g/mol. The molecule has 2 aromatic heterocycles. The predicted molar refractivity (Wildman–Crippen MR) is 109 cm³/mol. The van der Waals surface area contributed by atoms with Gasteiger partial charge in [-0.1, -0.05) is 0 Å². The van der Waals surface area contributed by atoms with Crippen LogP contribution in [0.1, 0.15) is 31.9 Å². The lowest BCUT2D eigenvalue weighted by atomic mass is 9.77. The van der Waals surface area contributed by atoms with Gasteiger partial charge in [0.1, 0.15) is 12.9 Å². The average Bonchev–Trinajstić information content (AvgIpc) is 3.51. The van der Waals surface area contributed by atoms with E-state index in [9.17, 15) is 9.59 Å². The lowest BCUT2D eigenvalue weighted by molar-refractivity contribution is -0.138. The van der Waals surface area contributed by atoms with Crippen molar-refractivity contribution in [2.24, 2.45) is 5.41 Å². The number of hydrogen-bond donors (Lipinski definition) is 0. The first-order chi connectivity index (χ1) is 15.1. The van der Waals surface area contributed by atoms with E-state index in [1.807, 2.05) is 0 Å². The summed E-state index contributed by atoms with van der Waals surface area (Å²) < 4.78 is 6.56. The minimum atomic E-state index is -0.312. The van der Waals surface area contributed by atoms with Crippen LogP contribution >= 0.6 is 0 Å². The van der Waals surface area contributed by atoms with Crippen LogP contribution in [-0.4, -0.2) is 84.6 Å². The molecule has 3 aliphatic rings. The minimum absolute atomic E-state index is 0. The second-order valence-corrected chi connectivity index (χ2v) is 8.35. The zero-order chi connectivity index (χ0) is 21.4. The highest BCUT2D eigenvalue weighted by Gasteiger charge is 2.49. The molecule has 0 aromatic carbocycles. The first-order valence-corrected chi connectivity index (χ1v) is 10.5. The van der Waals surface area contributed by atoms with Gasteiger partial charge in [0.15, 0.2) is 5.82 Å². The van der Waals surface area contributed by atoms with Crippen LogP contribution in [0, 0.1) is 5.41 Å². The first-order valence-electron chi connectivity index (χ1n) is 10.5. The fourth-order valence-corrected chi connectivity index (χ4v) is 4.63. The predicted octanol–water partition coefficient (Wildman–Crippen LogP) is 0.293. The van der Waals surface area contributed by atoms with Gasteiger partial charge in [0.05, 0.1) is 34.8 Å². The third-order valence-corrected chi connectivity index (χ3v) is 6.69. The highest BCUT2D eigenvalue weighted by Crippen LogP contribution is 2.43. The van der Waals surface area contributed by atoms with Gasteiger partial charge < -0.3 is 14.5 Å². The molecule has 170 valence electrons. The Morgan fingerprint density at radius 2 is 1.88 bits per heavy atom. The minimum Gasteiger partial charge on any atom is -0.456 e. The molecule has 1 spiro atoms. The maximum absolute atomic E-state index is 13.2. The number of ether oxygens (including phenoxy) is 1. The molecule has 12 heteroatoms. The van der Waals surface area contributed by atoms with Crippen molar-refractivity contribution in [3.63, 3.8) is 0 Å². The summed E-state index contributed by atoms with van der Waals surface area (Å²) in [5, 5.41) is 11.0.